The van der Waals surface area contributed by atoms with Crippen molar-refractivity contribution in [3.63, 3.8) is 0 Å². The van der Waals surface area contributed by atoms with E-state index >= 15 is 0 Å². The molecule has 0 aromatic heterocycles. The number of hydrogen-bond donors (Lipinski definition) is 0. The van der Waals surface area contributed by atoms with Crippen molar-refractivity contribution in [2.45, 2.75) is 12.6 Å². The van der Waals surface area contributed by atoms with Crippen LogP contribution in [0.3, 0.4) is 0 Å². The molecular formula is C4H3F3N2. The quantitative estimate of drug-likeness (QED) is 0.480. The van der Waals surface area contributed by atoms with Crippen LogP contribution >= 0.6 is 0 Å². The van der Waals surface area contributed by atoms with Crippen molar-refractivity contribution < 1.29 is 13.2 Å². The van der Waals surface area contributed by atoms with E-state index in [1.165, 1.54) is 0 Å². The largest absolute Gasteiger partial charge is 0.431 e. The Morgan fingerprint density at radius 3 is 2.33 bits per heavy atom. The average Bonchev–Trinajstić information content (AvgIpc) is 2.08. The molecule has 0 spiro atoms. The predicted molar refractivity (Wildman–Crippen MR) is 26.6 cm³/mol. The lowest BCUT2D eigenvalue weighted by molar-refractivity contribution is -0.0596. The van der Waals surface area contributed by atoms with Crippen LogP contribution in [-0.4, -0.2) is 18.1 Å². The van der Waals surface area contributed by atoms with Gasteiger partial charge >= 0.3 is 6.18 Å². The van der Waals surface area contributed by atoms with Crippen molar-refractivity contribution >= 4 is 11.9 Å². The second-order valence-corrected chi connectivity index (χ2v) is 1.55. The zero-order chi connectivity index (χ0) is 6.91. The van der Waals surface area contributed by atoms with Gasteiger partial charge < -0.3 is 0 Å². The van der Waals surface area contributed by atoms with Crippen LogP contribution in [0, 0.1) is 0 Å². The van der Waals surface area contributed by atoms with Crippen LogP contribution in [0.4, 0.5) is 13.2 Å². The summed E-state index contributed by atoms with van der Waals surface area (Å²) in [6.45, 7) is 0. The van der Waals surface area contributed by atoms with Crippen LogP contribution in [0.15, 0.2) is 10.2 Å². The van der Waals surface area contributed by atoms with Crippen LogP contribution < -0.4 is 0 Å². The Kier molecular flexibility index (Phi) is 1.27. The average molecular weight is 136 g/mol. The van der Waals surface area contributed by atoms with E-state index < -0.39 is 11.9 Å². The Balaban J connectivity index is 2.66. The number of alkyl halides is 3. The summed E-state index contributed by atoms with van der Waals surface area (Å²) in [5.41, 5.74) is -0.817. The third-order valence-corrected chi connectivity index (χ3v) is 0.872. The van der Waals surface area contributed by atoms with Crippen molar-refractivity contribution in [2.75, 3.05) is 0 Å². The van der Waals surface area contributed by atoms with Crippen LogP contribution in [0.25, 0.3) is 0 Å². The Bertz CT molecular complexity index is 167. The predicted octanol–water partition coefficient (Wildman–Crippen LogP) is 1.38. The number of halogens is 3. The van der Waals surface area contributed by atoms with Gasteiger partial charge in [-0.3, -0.25) is 0 Å². The van der Waals surface area contributed by atoms with E-state index in [-0.39, 0.29) is 6.42 Å². The van der Waals surface area contributed by atoms with Gasteiger partial charge in [-0.25, -0.2) is 0 Å². The maximum Gasteiger partial charge on any atom is 0.431 e. The standard InChI is InChI=1S/C4H3F3N2/c5-4(6,7)3-1-2-8-9-3/h2H,1H2. The van der Waals surface area contributed by atoms with Crippen molar-refractivity contribution in [3.05, 3.63) is 0 Å². The molecule has 50 valence electrons. The maximum absolute atomic E-state index is 11.5. The van der Waals surface area contributed by atoms with Gasteiger partial charge in [0.15, 0.2) is 0 Å². The van der Waals surface area contributed by atoms with Crippen LogP contribution in [0.1, 0.15) is 6.42 Å². The highest BCUT2D eigenvalue weighted by Gasteiger charge is 2.36. The second-order valence-electron chi connectivity index (χ2n) is 1.55. The molecule has 0 fully saturated rings. The van der Waals surface area contributed by atoms with E-state index in [0.29, 0.717) is 0 Å². The van der Waals surface area contributed by atoms with Crippen molar-refractivity contribution in [1.29, 1.82) is 0 Å². The zero-order valence-corrected chi connectivity index (χ0v) is 4.31. The van der Waals surface area contributed by atoms with Gasteiger partial charge in [-0.2, -0.15) is 23.4 Å². The topological polar surface area (TPSA) is 24.7 Å². The molecule has 0 unspecified atom stereocenters. The summed E-state index contributed by atoms with van der Waals surface area (Å²) in [5.74, 6) is 0. The minimum absolute atomic E-state index is 0.191. The lowest BCUT2D eigenvalue weighted by Crippen LogP contribution is -2.20. The molecule has 9 heavy (non-hydrogen) atoms. The summed E-state index contributed by atoms with van der Waals surface area (Å²) in [6, 6.07) is 0. The molecule has 1 aliphatic heterocycles. The lowest BCUT2D eigenvalue weighted by Gasteiger charge is -2.01. The van der Waals surface area contributed by atoms with Crippen molar-refractivity contribution in [2.24, 2.45) is 10.2 Å². The minimum Gasteiger partial charge on any atom is -0.165 e. The molecule has 0 aromatic carbocycles. The summed E-state index contributed by atoms with van der Waals surface area (Å²) in [7, 11) is 0. The van der Waals surface area contributed by atoms with E-state index in [2.05, 4.69) is 10.2 Å². The Labute approximate surface area is 49.1 Å². The SMILES string of the molecule is FC(F)(F)C1=NN=CC1. The Morgan fingerprint density at radius 1 is 1.44 bits per heavy atom. The number of nitrogens with zero attached hydrogens (tertiary/aromatic N) is 2. The van der Waals surface area contributed by atoms with Crippen molar-refractivity contribution in [1.82, 2.24) is 0 Å². The molecule has 5 heteroatoms. The van der Waals surface area contributed by atoms with E-state index in [1.807, 2.05) is 0 Å². The summed E-state index contributed by atoms with van der Waals surface area (Å²) in [4.78, 5) is 0. The molecule has 0 N–H and O–H groups in total. The van der Waals surface area contributed by atoms with Gasteiger partial charge in [0.2, 0.25) is 0 Å². The maximum atomic E-state index is 11.5. The summed E-state index contributed by atoms with van der Waals surface area (Å²) < 4.78 is 34.6. The highest BCUT2D eigenvalue weighted by molar-refractivity contribution is 6.01. The van der Waals surface area contributed by atoms with E-state index in [0.717, 1.165) is 6.21 Å². The van der Waals surface area contributed by atoms with E-state index in [4.69, 9.17) is 0 Å². The molecule has 0 saturated heterocycles. The first-order chi connectivity index (χ1) is 4.11. The fourth-order valence-electron chi connectivity index (χ4n) is 0.451. The summed E-state index contributed by atoms with van der Waals surface area (Å²) in [5, 5.41) is 5.94. The van der Waals surface area contributed by atoms with E-state index in [1.54, 1.807) is 0 Å². The lowest BCUT2D eigenvalue weighted by atomic mass is 10.3. The first kappa shape index (κ1) is 6.25. The molecule has 1 rings (SSSR count). The minimum atomic E-state index is -4.30. The molecule has 0 atom stereocenters. The third kappa shape index (κ3) is 1.28. The van der Waals surface area contributed by atoms with Gasteiger partial charge in [0.25, 0.3) is 0 Å². The monoisotopic (exact) mass is 136 g/mol. The fourth-order valence-corrected chi connectivity index (χ4v) is 0.451. The first-order valence-electron chi connectivity index (χ1n) is 2.26. The molecule has 0 aromatic rings. The fraction of sp³-hybridized carbons (Fsp3) is 0.500. The first-order valence-corrected chi connectivity index (χ1v) is 2.26. The molecule has 1 aliphatic rings. The van der Waals surface area contributed by atoms with Gasteiger partial charge in [-0.15, -0.1) is 0 Å². The normalized spacial score (nSPS) is 18.3. The summed E-state index contributed by atoms with van der Waals surface area (Å²) >= 11 is 0. The Hall–Kier alpha value is -0.870. The van der Waals surface area contributed by atoms with Gasteiger partial charge in [0.05, 0.1) is 0 Å². The van der Waals surface area contributed by atoms with Crippen molar-refractivity contribution in [3.8, 4) is 0 Å². The third-order valence-electron chi connectivity index (χ3n) is 0.872. The molecule has 0 radical (unpaired) electrons. The highest BCUT2D eigenvalue weighted by atomic mass is 19.4. The molecule has 0 amide bonds. The zero-order valence-electron chi connectivity index (χ0n) is 4.31. The molecule has 0 saturated carbocycles. The molecule has 0 aliphatic carbocycles. The van der Waals surface area contributed by atoms with Gasteiger partial charge in [-0.1, -0.05) is 0 Å². The smallest absolute Gasteiger partial charge is 0.165 e. The van der Waals surface area contributed by atoms with Gasteiger partial charge in [-0.05, 0) is 0 Å². The molecule has 2 nitrogen and oxygen atoms in total. The van der Waals surface area contributed by atoms with Crippen LogP contribution in [-0.2, 0) is 0 Å². The van der Waals surface area contributed by atoms with Crippen LogP contribution in [0.5, 0.6) is 0 Å². The molecular weight excluding hydrogens is 133 g/mol. The van der Waals surface area contributed by atoms with Gasteiger partial charge in [0, 0.05) is 12.6 Å². The Morgan fingerprint density at radius 2 is 2.11 bits per heavy atom. The number of hydrogen-bond acceptors (Lipinski definition) is 2. The molecule has 1 heterocycles. The van der Waals surface area contributed by atoms with Crippen LogP contribution in [0.2, 0.25) is 0 Å². The number of rotatable bonds is 0. The summed E-state index contributed by atoms with van der Waals surface area (Å²) in [6.07, 6.45) is -3.36. The molecule has 0 bridgehead atoms. The van der Waals surface area contributed by atoms with E-state index in [9.17, 15) is 13.2 Å². The second kappa shape index (κ2) is 1.82. The highest BCUT2D eigenvalue weighted by Crippen LogP contribution is 2.20. The van der Waals surface area contributed by atoms with Gasteiger partial charge in [0.1, 0.15) is 5.71 Å².